The Labute approximate surface area is 143 Å². The van der Waals surface area contributed by atoms with Crippen molar-refractivity contribution in [1.82, 2.24) is 4.90 Å². The molecule has 1 aromatic carbocycles. The highest BCUT2D eigenvalue weighted by Crippen LogP contribution is 2.21. The van der Waals surface area contributed by atoms with Gasteiger partial charge in [-0.2, -0.15) is 0 Å². The Kier molecular flexibility index (Phi) is 6.75. The topological polar surface area (TPSA) is 87.5 Å². The molecule has 1 fully saturated rings. The Bertz CT molecular complexity index is 580. The van der Waals surface area contributed by atoms with Crippen LogP contribution in [0.3, 0.4) is 0 Å². The summed E-state index contributed by atoms with van der Waals surface area (Å²) in [6.07, 6.45) is 3.84. The van der Waals surface area contributed by atoms with E-state index in [0.717, 1.165) is 37.2 Å². The number of hydrogen-bond acceptors (Lipinski definition) is 4. The Morgan fingerprint density at radius 1 is 1.17 bits per heavy atom. The number of anilines is 2. The fourth-order valence-electron chi connectivity index (χ4n) is 2.85. The number of aryl methyl sites for hydroxylation is 1. The van der Waals surface area contributed by atoms with Crippen molar-refractivity contribution < 1.29 is 9.59 Å². The maximum Gasteiger partial charge on any atom is 0.238 e. The molecule has 0 saturated carbocycles. The van der Waals surface area contributed by atoms with E-state index < -0.39 is 0 Å². The number of benzene rings is 1. The third-order valence-corrected chi connectivity index (χ3v) is 4.12. The number of carbonyl (C=O) groups is 2. The van der Waals surface area contributed by atoms with Gasteiger partial charge < -0.3 is 16.4 Å². The zero-order chi connectivity index (χ0) is 17.5. The van der Waals surface area contributed by atoms with E-state index in [9.17, 15) is 9.59 Å². The Morgan fingerprint density at radius 3 is 2.54 bits per heavy atom. The van der Waals surface area contributed by atoms with Gasteiger partial charge in [-0.3, -0.25) is 14.5 Å². The van der Waals surface area contributed by atoms with Crippen LogP contribution in [0.15, 0.2) is 18.2 Å². The van der Waals surface area contributed by atoms with Crippen molar-refractivity contribution in [2.24, 2.45) is 5.73 Å². The number of nitrogens with one attached hydrogen (secondary N) is 2. The van der Waals surface area contributed by atoms with Crippen LogP contribution in [-0.2, 0) is 9.59 Å². The molecule has 132 valence electrons. The number of piperidine rings is 1. The Morgan fingerprint density at radius 2 is 1.88 bits per heavy atom. The van der Waals surface area contributed by atoms with Gasteiger partial charge in [0, 0.05) is 23.8 Å². The van der Waals surface area contributed by atoms with Gasteiger partial charge in [0.15, 0.2) is 0 Å². The van der Waals surface area contributed by atoms with Crippen LogP contribution in [0.25, 0.3) is 0 Å². The van der Waals surface area contributed by atoms with Gasteiger partial charge in [-0.15, -0.1) is 0 Å². The fourth-order valence-corrected chi connectivity index (χ4v) is 2.85. The van der Waals surface area contributed by atoms with E-state index in [1.54, 1.807) is 13.0 Å². The molecule has 2 amide bonds. The molecule has 1 aromatic rings. The predicted octanol–water partition coefficient (Wildman–Crippen LogP) is 2.10. The van der Waals surface area contributed by atoms with Crippen LogP contribution in [-0.4, -0.2) is 42.4 Å². The standard InChI is InChI=1S/C18H28N4O2/c1-13-6-7-15(20-17(23)10-14(2)19)11-16(13)21-18(24)12-22-8-4-3-5-9-22/h6-7,11,14H,3-5,8-10,12,19H2,1-2H3,(H,20,23)(H,21,24). The van der Waals surface area contributed by atoms with Crippen molar-refractivity contribution in [2.45, 2.75) is 45.6 Å². The number of nitrogens with zero attached hydrogens (tertiary/aromatic N) is 1. The lowest BCUT2D eigenvalue weighted by Crippen LogP contribution is -2.36. The van der Waals surface area contributed by atoms with E-state index in [2.05, 4.69) is 15.5 Å². The van der Waals surface area contributed by atoms with Gasteiger partial charge in [-0.1, -0.05) is 12.5 Å². The van der Waals surface area contributed by atoms with Crippen LogP contribution in [0.4, 0.5) is 11.4 Å². The minimum atomic E-state index is -0.181. The van der Waals surface area contributed by atoms with Crippen LogP contribution in [0.1, 0.15) is 38.2 Å². The first-order valence-electron chi connectivity index (χ1n) is 8.62. The second kappa shape index (κ2) is 8.80. The van der Waals surface area contributed by atoms with E-state index in [0.29, 0.717) is 12.2 Å². The van der Waals surface area contributed by atoms with E-state index >= 15 is 0 Å². The molecule has 24 heavy (non-hydrogen) atoms. The van der Waals surface area contributed by atoms with Crippen molar-refractivity contribution in [1.29, 1.82) is 0 Å². The molecule has 0 aromatic heterocycles. The van der Waals surface area contributed by atoms with Gasteiger partial charge in [0.05, 0.1) is 6.54 Å². The first-order valence-corrected chi connectivity index (χ1v) is 8.62. The van der Waals surface area contributed by atoms with Crippen molar-refractivity contribution in [3.05, 3.63) is 23.8 Å². The fraction of sp³-hybridized carbons (Fsp3) is 0.556. The average molecular weight is 332 g/mol. The van der Waals surface area contributed by atoms with Crippen LogP contribution in [0.5, 0.6) is 0 Å². The quantitative estimate of drug-likeness (QED) is 0.744. The molecule has 1 unspecified atom stereocenters. The summed E-state index contributed by atoms with van der Waals surface area (Å²) in [5, 5.41) is 5.77. The summed E-state index contributed by atoms with van der Waals surface area (Å²) >= 11 is 0. The van der Waals surface area contributed by atoms with Gasteiger partial charge in [0.25, 0.3) is 0 Å². The van der Waals surface area contributed by atoms with Gasteiger partial charge in [-0.25, -0.2) is 0 Å². The molecule has 6 nitrogen and oxygen atoms in total. The molecule has 4 N–H and O–H groups in total. The molecule has 1 saturated heterocycles. The summed E-state index contributed by atoms with van der Waals surface area (Å²) in [4.78, 5) is 26.3. The summed E-state index contributed by atoms with van der Waals surface area (Å²) in [6.45, 7) is 6.12. The summed E-state index contributed by atoms with van der Waals surface area (Å²) < 4.78 is 0. The van der Waals surface area contributed by atoms with Crippen molar-refractivity contribution in [2.75, 3.05) is 30.3 Å². The monoisotopic (exact) mass is 332 g/mol. The number of hydrogen-bond donors (Lipinski definition) is 3. The lowest BCUT2D eigenvalue weighted by atomic mass is 10.1. The average Bonchev–Trinajstić information content (AvgIpc) is 2.50. The zero-order valence-electron chi connectivity index (χ0n) is 14.6. The normalized spacial score (nSPS) is 16.5. The molecule has 1 aliphatic rings. The first kappa shape index (κ1) is 18.4. The Hall–Kier alpha value is -1.92. The van der Waals surface area contributed by atoms with Crippen LogP contribution in [0, 0.1) is 6.92 Å². The summed E-state index contributed by atoms with van der Waals surface area (Å²) in [5.41, 5.74) is 8.00. The minimum Gasteiger partial charge on any atom is -0.327 e. The predicted molar refractivity (Wildman–Crippen MR) is 97.0 cm³/mol. The molecule has 1 atom stereocenters. The molecule has 0 aliphatic carbocycles. The second-order valence-corrected chi connectivity index (χ2v) is 6.64. The number of carbonyl (C=O) groups excluding carboxylic acids is 2. The molecule has 0 bridgehead atoms. The smallest absolute Gasteiger partial charge is 0.238 e. The molecule has 2 rings (SSSR count). The first-order chi connectivity index (χ1) is 11.4. The molecule has 6 heteroatoms. The molecular weight excluding hydrogens is 304 g/mol. The van der Waals surface area contributed by atoms with E-state index in [-0.39, 0.29) is 24.3 Å². The van der Waals surface area contributed by atoms with E-state index in [4.69, 9.17) is 5.73 Å². The number of nitrogens with two attached hydrogens (primary N) is 1. The van der Waals surface area contributed by atoms with Gasteiger partial charge in [-0.05, 0) is 57.5 Å². The van der Waals surface area contributed by atoms with Crippen molar-refractivity contribution in [3.8, 4) is 0 Å². The second-order valence-electron chi connectivity index (χ2n) is 6.64. The van der Waals surface area contributed by atoms with Crippen LogP contribution < -0.4 is 16.4 Å². The highest BCUT2D eigenvalue weighted by molar-refractivity contribution is 5.95. The van der Waals surface area contributed by atoms with Gasteiger partial charge in [0.2, 0.25) is 11.8 Å². The summed E-state index contributed by atoms with van der Waals surface area (Å²) in [6, 6.07) is 5.33. The summed E-state index contributed by atoms with van der Waals surface area (Å²) in [5.74, 6) is -0.140. The van der Waals surface area contributed by atoms with Gasteiger partial charge in [0.1, 0.15) is 0 Å². The van der Waals surface area contributed by atoms with Gasteiger partial charge >= 0.3 is 0 Å². The number of likely N-dealkylation sites (tertiary alicyclic amines) is 1. The third kappa shape index (κ3) is 5.94. The van der Waals surface area contributed by atoms with Crippen molar-refractivity contribution >= 4 is 23.2 Å². The highest BCUT2D eigenvalue weighted by Gasteiger charge is 2.15. The molecule has 0 spiro atoms. The zero-order valence-corrected chi connectivity index (χ0v) is 14.6. The number of rotatable bonds is 6. The molecule has 1 aliphatic heterocycles. The van der Waals surface area contributed by atoms with Crippen LogP contribution >= 0.6 is 0 Å². The highest BCUT2D eigenvalue weighted by atomic mass is 16.2. The molecule has 1 heterocycles. The summed E-state index contributed by atoms with van der Waals surface area (Å²) in [7, 11) is 0. The largest absolute Gasteiger partial charge is 0.327 e. The SMILES string of the molecule is Cc1ccc(NC(=O)CC(C)N)cc1NC(=O)CN1CCCCC1. The van der Waals surface area contributed by atoms with Crippen molar-refractivity contribution in [3.63, 3.8) is 0 Å². The maximum absolute atomic E-state index is 12.3. The lowest BCUT2D eigenvalue weighted by molar-refractivity contribution is -0.117. The minimum absolute atomic E-state index is 0.0148. The maximum atomic E-state index is 12.3. The van der Waals surface area contributed by atoms with Crippen LogP contribution in [0.2, 0.25) is 0 Å². The Balaban J connectivity index is 1.94. The van der Waals surface area contributed by atoms with E-state index in [1.807, 2.05) is 19.1 Å². The third-order valence-electron chi connectivity index (χ3n) is 4.12. The number of amides is 2. The van der Waals surface area contributed by atoms with E-state index in [1.165, 1.54) is 6.42 Å². The molecule has 0 radical (unpaired) electrons. The molecular formula is C18H28N4O2. The lowest BCUT2D eigenvalue weighted by Gasteiger charge is -2.25.